The van der Waals surface area contributed by atoms with Gasteiger partial charge in [-0.25, -0.2) is 4.79 Å². The molecule has 1 aromatic carbocycles. The van der Waals surface area contributed by atoms with Crippen molar-refractivity contribution in [2.24, 2.45) is 4.99 Å². The minimum absolute atomic E-state index is 0.338. The van der Waals surface area contributed by atoms with Gasteiger partial charge in [-0.1, -0.05) is 28.1 Å². The molecule has 5 heteroatoms. The van der Waals surface area contributed by atoms with Gasteiger partial charge in [-0.3, -0.25) is 0 Å². The average Bonchev–Trinajstić information content (AvgIpc) is 2.27. The number of benzene rings is 1. The van der Waals surface area contributed by atoms with Crippen LogP contribution in [0.2, 0.25) is 0 Å². The summed E-state index contributed by atoms with van der Waals surface area (Å²) in [7, 11) is 0. The molecule has 1 rings (SSSR count). The van der Waals surface area contributed by atoms with Crippen LogP contribution in [0.4, 0.5) is 4.79 Å². The van der Waals surface area contributed by atoms with Crippen molar-refractivity contribution in [3.63, 3.8) is 0 Å². The lowest BCUT2D eigenvalue weighted by atomic mass is 10.2. The zero-order valence-electron chi connectivity index (χ0n) is 9.07. The van der Waals surface area contributed by atoms with E-state index in [-0.39, 0.29) is 0 Å². The molecule has 0 saturated heterocycles. The Balaban J connectivity index is 2.89. The molecule has 3 nitrogen and oxygen atoms in total. The van der Waals surface area contributed by atoms with Gasteiger partial charge in [0.15, 0.2) is 0 Å². The van der Waals surface area contributed by atoms with Crippen LogP contribution in [0.25, 0.3) is 0 Å². The van der Waals surface area contributed by atoms with Crippen molar-refractivity contribution in [3.8, 4) is 0 Å². The van der Waals surface area contributed by atoms with E-state index in [0.29, 0.717) is 11.7 Å². The van der Waals surface area contributed by atoms with Gasteiger partial charge >= 0.3 is 6.09 Å². The molecule has 0 unspecified atom stereocenters. The van der Waals surface area contributed by atoms with Crippen LogP contribution in [0, 0.1) is 0 Å². The molecule has 0 aliphatic rings. The summed E-state index contributed by atoms with van der Waals surface area (Å²) in [6.07, 6.45) is 1.33. The van der Waals surface area contributed by atoms with Crippen LogP contribution in [-0.2, 0) is 4.74 Å². The highest BCUT2D eigenvalue weighted by molar-refractivity contribution is 9.10. The smallest absolute Gasteiger partial charge is 0.434 e. The second-order valence-electron chi connectivity index (χ2n) is 2.83. The third-order valence-corrected chi connectivity index (χ3v) is 2.99. The summed E-state index contributed by atoms with van der Waals surface area (Å²) >= 11 is 4.77. The predicted molar refractivity (Wildman–Crippen MR) is 71.2 cm³/mol. The van der Waals surface area contributed by atoms with Gasteiger partial charge in [0.05, 0.1) is 6.61 Å². The van der Waals surface area contributed by atoms with Crippen molar-refractivity contribution in [2.45, 2.75) is 6.92 Å². The van der Waals surface area contributed by atoms with E-state index in [9.17, 15) is 4.79 Å². The van der Waals surface area contributed by atoms with E-state index in [2.05, 4.69) is 20.9 Å². The first-order valence-electron chi connectivity index (χ1n) is 4.72. The molecule has 0 atom stereocenters. The standard InChI is InChI=1S/C11H12BrNO2S/c1-3-15-11(14)13-10(16-2)8-4-6-9(12)7-5-8/h4-7H,3H2,1-2H3/b13-10-. The number of aliphatic imine (C=N–C) groups is 1. The minimum Gasteiger partial charge on any atom is -0.448 e. The van der Waals surface area contributed by atoms with Crippen LogP contribution in [-0.4, -0.2) is 24.0 Å². The zero-order valence-corrected chi connectivity index (χ0v) is 11.5. The summed E-state index contributed by atoms with van der Waals surface area (Å²) in [5.74, 6) is 0. The summed E-state index contributed by atoms with van der Waals surface area (Å²) in [5.41, 5.74) is 0.906. The first kappa shape index (κ1) is 13.3. The highest BCUT2D eigenvalue weighted by Crippen LogP contribution is 2.15. The van der Waals surface area contributed by atoms with Gasteiger partial charge in [-0.05, 0) is 25.3 Å². The Morgan fingerprint density at radius 2 is 2.06 bits per heavy atom. The Morgan fingerprint density at radius 3 is 2.56 bits per heavy atom. The number of rotatable bonds is 2. The lowest BCUT2D eigenvalue weighted by Crippen LogP contribution is -2.03. The quantitative estimate of drug-likeness (QED) is 0.617. The molecule has 1 aromatic rings. The number of halogens is 1. The van der Waals surface area contributed by atoms with Crippen LogP contribution in [0.5, 0.6) is 0 Å². The summed E-state index contributed by atoms with van der Waals surface area (Å²) in [6, 6.07) is 7.62. The Hall–Kier alpha value is -0.810. The average molecular weight is 302 g/mol. The molecule has 0 N–H and O–H groups in total. The van der Waals surface area contributed by atoms with Crippen LogP contribution >= 0.6 is 27.7 Å². The second-order valence-corrected chi connectivity index (χ2v) is 4.54. The fraction of sp³-hybridized carbons (Fsp3) is 0.273. The van der Waals surface area contributed by atoms with Crippen molar-refractivity contribution in [2.75, 3.05) is 12.9 Å². The number of carbonyl (C=O) groups excluding carboxylic acids is 1. The lowest BCUT2D eigenvalue weighted by molar-refractivity contribution is 0.163. The molecule has 0 bridgehead atoms. The van der Waals surface area contributed by atoms with Gasteiger partial charge in [0.1, 0.15) is 5.04 Å². The Labute approximate surface area is 107 Å². The molecule has 0 heterocycles. The van der Waals surface area contributed by atoms with E-state index >= 15 is 0 Å². The molecule has 0 radical (unpaired) electrons. The first-order valence-corrected chi connectivity index (χ1v) is 6.74. The van der Waals surface area contributed by atoms with E-state index in [0.717, 1.165) is 10.0 Å². The minimum atomic E-state index is -0.547. The van der Waals surface area contributed by atoms with Crippen LogP contribution in [0.15, 0.2) is 33.7 Å². The highest BCUT2D eigenvalue weighted by Gasteiger charge is 2.05. The van der Waals surface area contributed by atoms with Crippen LogP contribution in [0.1, 0.15) is 12.5 Å². The number of carbonyl (C=O) groups is 1. The molecule has 1 amide bonds. The van der Waals surface area contributed by atoms with E-state index in [4.69, 9.17) is 4.74 Å². The number of thioether (sulfide) groups is 1. The van der Waals surface area contributed by atoms with Crippen LogP contribution < -0.4 is 0 Å². The molecule has 86 valence electrons. The molecule has 0 saturated carbocycles. The maximum Gasteiger partial charge on any atom is 0.434 e. The van der Waals surface area contributed by atoms with Crippen molar-refractivity contribution in [3.05, 3.63) is 34.3 Å². The van der Waals surface area contributed by atoms with E-state index in [1.165, 1.54) is 11.8 Å². The maximum absolute atomic E-state index is 11.2. The summed E-state index contributed by atoms with van der Waals surface area (Å²) in [6.45, 7) is 2.09. The molecule has 0 spiro atoms. The molecular weight excluding hydrogens is 290 g/mol. The molecular formula is C11H12BrNO2S. The van der Waals surface area contributed by atoms with E-state index in [1.807, 2.05) is 30.5 Å². The first-order chi connectivity index (χ1) is 7.67. The Morgan fingerprint density at radius 1 is 1.44 bits per heavy atom. The Bertz CT molecular complexity index is 389. The third-order valence-electron chi connectivity index (χ3n) is 1.75. The van der Waals surface area contributed by atoms with Gasteiger partial charge in [0, 0.05) is 10.0 Å². The molecule has 0 aliphatic carbocycles. The summed E-state index contributed by atoms with van der Waals surface area (Å²) in [4.78, 5) is 15.1. The number of ether oxygens (including phenoxy) is 1. The summed E-state index contributed by atoms with van der Waals surface area (Å²) < 4.78 is 5.76. The summed E-state index contributed by atoms with van der Waals surface area (Å²) in [5, 5.41) is 0.658. The van der Waals surface area contributed by atoms with Crippen molar-refractivity contribution in [1.82, 2.24) is 0 Å². The molecule has 0 aromatic heterocycles. The monoisotopic (exact) mass is 301 g/mol. The topological polar surface area (TPSA) is 38.7 Å². The number of hydrogen-bond acceptors (Lipinski definition) is 3. The molecule has 0 aliphatic heterocycles. The van der Waals surface area contributed by atoms with E-state index in [1.54, 1.807) is 6.92 Å². The van der Waals surface area contributed by atoms with Gasteiger partial charge in [-0.2, -0.15) is 4.99 Å². The van der Waals surface area contributed by atoms with Crippen molar-refractivity contribution in [1.29, 1.82) is 0 Å². The van der Waals surface area contributed by atoms with Gasteiger partial charge < -0.3 is 4.74 Å². The largest absolute Gasteiger partial charge is 0.448 e. The number of hydrogen-bond donors (Lipinski definition) is 0. The Kier molecular flexibility index (Phi) is 5.55. The fourth-order valence-corrected chi connectivity index (χ4v) is 1.86. The van der Waals surface area contributed by atoms with E-state index < -0.39 is 6.09 Å². The van der Waals surface area contributed by atoms with Gasteiger partial charge in [-0.15, -0.1) is 11.8 Å². The van der Waals surface area contributed by atoms with Gasteiger partial charge in [0.2, 0.25) is 0 Å². The molecule has 0 fully saturated rings. The SMILES string of the molecule is CCOC(=O)/N=C(\SC)c1ccc(Br)cc1. The zero-order chi connectivity index (χ0) is 12.0. The van der Waals surface area contributed by atoms with Crippen molar-refractivity contribution < 1.29 is 9.53 Å². The second kappa shape index (κ2) is 6.70. The maximum atomic E-state index is 11.2. The van der Waals surface area contributed by atoms with Crippen LogP contribution in [0.3, 0.4) is 0 Å². The van der Waals surface area contributed by atoms with Crippen molar-refractivity contribution >= 4 is 38.8 Å². The predicted octanol–water partition coefficient (Wildman–Crippen LogP) is 3.72. The number of amides is 1. The fourth-order valence-electron chi connectivity index (χ4n) is 1.06. The van der Waals surface area contributed by atoms with Gasteiger partial charge in [0.25, 0.3) is 0 Å². The number of nitrogens with zero attached hydrogens (tertiary/aromatic N) is 1. The lowest BCUT2D eigenvalue weighted by Gasteiger charge is -2.03. The third kappa shape index (κ3) is 3.98. The highest BCUT2D eigenvalue weighted by atomic mass is 79.9. The normalized spacial score (nSPS) is 11.3. The molecule has 16 heavy (non-hydrogen) atoms.